The molecule has 0 spiro atoms. The molecule has 0 bridgehead atoms. The van der Waals surface area contributed by atoms with Crippen molar-refractivity contribution in [3.63, 3.8) is 0 Å². The van der Waals surface area contributed by atoms with E-state index in [0.717, 1.165) is 0 Å². The van der Waals surface area contributed by atoms with Crippen LogP contribution in [0.25, 0.3) is 0 Å². The van der Waals surface area contributed by atoms with Crippen LogP contribution in [0.15, 0.2) is 0 Å². The predicted octanol–water partition coefficient (Wildman–Crippen LogP) is -0.257. The summed E-state index contributed by atoms with van der Waals surface area (Å²) in [5.41, 5.74) is 0. The monoisotopic (exact) mass is 117 g/mol. The van der Waals surface area contributed by atoms with Gasteiger partial charge >= 0.3 is 0 Å². The Hall–Kier alpha value is -0.440. The lowest BCUT2D eigenvalue weighted by Gasteiger charge is -2.27. The van der Waals surface area contributed by atoms with E-state index in [0.29, 0.717) is 19.4 Å². The van der Waals surface area contributed by atoms with Crippen molar-refractivity contribution in [3.8, 4) is 0 Å². The summed E-state index contributed by atoms with van der Waals surface area (Å²) in [6.07, 6.45) is -0.873. The van der Waals surface area contributed by atoms with Gasteiger partial charge in [-0.1, -0.05) is 0 Å². The zero-order valence-corrected chi connectivity index (χ0v) is 4.43. The Morgan fingerprint density at radius 1 is 1.75 bits per heavy atom. The van der Waals surface area contributed by atoms with Crippen LogP contribution < -0.4 is 5.32 Å². The molecule has 8 heavy (non-hydrogen) atoms. The number of halogens is 1. The van der Waals surface area contributed by atoms with Gasteiger partial charge in [-0.3, -0.25) is 0 Å². The molecule has 1 atom stereocenters. The van der Waals surface area contributed by atoms with Gasteiger partial charge in [0.05, 0.1) is 0 Å². The lowest BCUT2D eigenvalue weighted by atomic mass is 9.99. The van der Waals surface area contributed by atoms with Crippen molar-refractivity contribution in [3.05, 3.63) is 0 Å². The van der Waals surface area contributed by atoms with Crippen molar-refractivity contribution >= 4 is 6.29 Å². The van der Waals surface area contributed by atoms with E-state index in [2.05, 4.69) is 5.32 Å². The molecule has 0 aromatic rings. The third-order valence-corrected chi connectivity index (χ3v) is 1.39. The molecule has 0 aromatic carbocycles. The van der Waals surface area contributed by atoms with Crippen LogP contribution in [0.2, 0.25) is 0 Å². The molecule has 1 heterocycles. The van der Waals surface area contributed by atoms with Crippen LogP contribution in [-0.4, -0.2) is 25.5 Å². The number of alkyl halides is 1. The number of nitrogens with one attached hydrogen (secondary N) is 1. The third kappa shape index (κ3) is 0.865. The van der Waals surface area contributed by atoms with Gasteiger partial charge in [-0.15, -0.1) is 0 Å². The molecule has 2 nitrogen and oxygen atoms in total. The Morgan fingerprint density at radius 2 is 2.38 bits per heavy atom. The quantitative estimate of drug-likeness (QED) is 0.505. The highest BCUT2D eigenvalue weighted by molar-refractivity contribution is 5.56. The summed E-state index contributed by atoms with van der Waals surface area (Å²) in [5.74, 6) is -0.0486. The number of carbonyl (C=O) groups excluding carboxylic acids is 1. The highest BCUT2D eigenvalue weighted by atomic mass is 19.1. The lowest BCUT2D eigenvalue weighted by Crippen LogP contribution is -2.47. The van der Waals surface area contributed by atoms with E-state index in [1.54, 1.807) is 0 Å². The first-order chi connectivity index (χ1) is 3.84. The molecule has 1 rings (SSSR count). The van der Waals surface area contributed by atoms with Crippen LogP contribution in [0.5, 0.6) is 0 Å². The van der Waals surface area contributed by atoms with Crippen LogP contribution in [0.4, 0.5) is 4.39 Å². The van der Waals surface area contributed by atoms with E-state index >= 15 is 0 Å². The average Bonchev–Trinajstić information content (AvgIpc) is 1.62. The van der Waals surface area contributed by atoms with E-state index < -0.39 is 6.17 Å². The minimum atomic E-state index is -1.24. The van der Waals surface area contributed by atoms with Gasteiger partial charge in [0.2, 0.25) is 0 Å². The maximum absolute atomic E-state index is 12.2. The van der Waals surface area contributed by atoms with E-state index in [4.69, 9.17) is 0 Å². The average molecular weight is 117 g/mol. The fraction of sp³-hybridized carbons (Fsp3) is 0.800. The minimum Gasteiger partial charge on any atom is -0.316 e. The zero-order chi connectivity index (χ0) is 5.98. The van der Waals surface area contributed by atoms with Crippen LogP contribution >= 0.6 is 0 Å². The Bertz CT molecular complexity index is 92.4. The van der Waals surface area contributed by atoms with Gasteiger partial charge in [0.15, 0.2) is 12.5 Å². The number of carbonyl (C=O) groups is 1. The van der Waals surface area contributed by atoms with Crippen molar-refractivity contribution in [2.45, 2.75) is 6.17 Å². The van der Waals surface area contributed by atoms with E-state index in [1.165, 1.54) is 0 Å². The molecule has 46 valence electrons. The van der Waals surface area contributed by atoms with Gasteiger partial charge in [-0.05, 0) is 0 Å². The van der Waals surface area contributed by atoms with Gasteiger partial charge in [0, 0.05) is 19.0 Å². The summed E-state index contributed by atoms with van der Waals surface area (Å²) in [5, 5.41) is 2.88. The summed E-state index contributed by atoms with van der Waals surface area (Å²) in [6, 6.07) is 0. The van der Waals surface area contributed by atoms with Crippen molar-refractivity contribution < 1.29 is 9.18 Å². The smallest absolute Gasteiger partial charge is 0.160 e. The maximum Gasteiger partial charge on any atom is 0.160 e. The Labute approximate surface area is 47.1 Å². The summed E-state index contributed by atoms with van der Waals surface area (Å²) in [6.45, 7) is 1.31. The topological polar surface area (TPSA) is 29.1 Å². The summed E-state index contributed by atoms with van der Waals surface area (Å²) in [4.78, 5) is 9.74. The molecule has 0 aromatic heterocycles. The van der Waals surface area contributed by atoms with Gasteiger partial charge in [-0.2, -0.15) is 0 Å². The van der Waals surface area contributed by atoms with Gasteiger partial charge < -0.3 is 10.1 Å². The van der Waals surface area contributed by atoms with Crippen LogP contribution in [0.3, 0.4) is 0 Å². The van der Waals surface area contributed by atoms with E-state index in [1.807, 2.05) is 0 Å². The summed E-state index contributed by atoms with van der Waals surface area (Å²) in [7, 11) is 0. The third-order valence-electron chi connectivity index (χ3n) is 1.39. The van der Waals surface area contributed by atoms with Crippen molar-refractivity contribution in [2.75, 3.05) is 13.1 Å². The predicted molar refractivity (Wildman–Crippen MR) is 27.3 cm³/mol. The first kappa shape index (κ1) is 5.69. The van der Waals surface area contributed by atoms with Gasteiger partial charge in [0.25, 0.3) is 0 Å². The summed E-state index contributed by atoms with van der Waals surface area (Å²) >= 11 is 0. The van der Waals surface area contributed by atoms with E-state index in [-0.39, 0.29) is 5.92 Å². The SMILES string of the molecule is O=CC(F)C1CNC1. The molecule has 0 radical (unpaired) electrons. The molecule has 3 heteroatoms. The highest BCUT2D eigenvalue weighted by Crippen LogP contribution is 2.09. The molecule has 0 saturated carbocycles. The second kappa shape index (κ2) is 2.22. The fourth-order valence-electron chi connectivity index (χ4n) is 0.647. The zero-order valence-electron chi connectivity index (χ0n) is 4.43. The Balaban J connectivity index is 2.22. The summed E-state index contributed by atoms with van der Waals surface area (Å²) < 4.78 is 12.2. The lowest BCUT2D eigenvalue weighted by molar-refractivity contribution is -0.114. The molecule has 0 aliphatic carbocycles. The molecule has 1 aliphatic heterocycles. The van der Waals surface area contributed by atoms with Crippen molar-refractivity contribution in [2.24, 2.45) is 5.92 Å². The molecule has 0 amide bonds. The number of hydrogen-bond donors (Lipinski definition) is 1. The molecular weight excluding hydrogens is 109 g/mol. The van der Waals surface area contributed by atoms with Crippen LogP contribution in [0, 0.1) is 5.92 Å². The highest BCUT2D eigenvalue weighted by Gasteiger charge is 2.25. The molecule has 1 aliphatic rings. The largest absolute Gasteiger partial charge is 0.316 e. The minimum absolute atomic E-state index is 0.0486. The number of hydrogen-bond acceptors (Lipinski definition) is 2. The molecule has 1 unspecified atom stereocenters. The van der Waals surface area contributed by atoms with Crippen LogP contribution in [0.1, 0.15) is 0 Å². The standard InChI is InChI=1S/C5H8FNO/c6-5(3-8)4-1-7-2-4/h3-5,7H,1-2H2. The Kier molecular flexibility index (Phi) is 1.58. The molecule has 1 N–H and O–H groups in total. The normalized spacial score (nSPS) is 24.1. The fourth-order valence-corrected chi connectivity index (χ4v) is 0.647. The van der Waals surface area contributed by atoms with Crippen LogP contribution in [-0.2, 0) is 4.79 Å². The molecule has 1 fully saturated rings. The number of aldehydes is 1. The second-order valence-corrected chi connectivity index (χ2v) is 2.00. The molecule has 1 saturated heterocycles. The Morgan fingerprint density at radius 3 is 2.50 bits per heavy atom. The number of rotatable bonds is 2. The molecular formula is C5H8FNO. The van der Waals surface area contributed by atoms with Gasteiger partial charge in [-0.25, -0.2) is 4.39 Å². The second-order valence-electron chi connectivity index (χ2n) is 2.00. The first-order valence-electron chi connectivity index (χ1n) is 2.64. The van der Waals surface area contributed by atoms with Crippen molar-refractivity contribution in [1.82, 2.24) is 5.32 Å². The first-order valence-corrected chi connectivity index (χ1v) is 2.64. The maximum atomic E-state index is 12.2. The van der Waals surface area contributed by atoms with E-state index in [9.17, 15) is 9.18 Å². The van der Waals surface area contributed by atoms with Crippen molar-refractivity contribution in [1.29, 1.82) is 0 Å². The van der Waals surface area contributed by atoms with Gasteiger partial charge in [0.1, 0.15) is 0 Å².